The van der Waals surface area contributed by atoms with Crippen molar-refractivity contribution >= 4 is 27.0 Å². The zero-order valence-corrected chi connectivity index (χ0v) is 11.2. The molecule has 1 N–H and O–H groups in total. The third-order valence-corrected chi connectivity index (χ3v) is 4.70. The van der Waals surface area contributed by atoms with Crippen molar-refractivity contribution in [3.63, 3.8) is 0 Å². The lowest BCUT2D eigenvalue weighted by Gasteiger charge is -2.11. The summed E-state index contributed by atoms with van der Waals surface area (Å²) >= 11 is 3.58. The van der Waals surface area contributed by atoms with Crippen molar-refractivity contribution in [3.05, 3.63) is 28.5 Å². The van der Waals surface area contributed by atoms with Gasteiger partial charge >= 0.3 is 0 Å². The van der Waals surface area contributed by atoms with Gasteiger partial charge in [0.25, 0.3) is 0 Å². The van der Waals surface area contributed by atoms with E-state index in [-0.39, 0.29) is 0 Å². The van der Waals surface area contributed by atoms with E-state index >= 15 is 0 Å². The first kappa shape index (κ1) is 10.1. The average Bonchev–Trinajstić information content (AvgIpc) is 3.20. The summed E-state index contributed by atoms with van der Waals surface area (Å²) in [7, 11) is 0. The molecule has 0 radical (unpaired) electrons. The summed E-state index contributed by atoms with van der Waals surface area (Å²) < 4.78 is 1.10. The number of hydrogen-bond acceptors (Lipinski definition) is 1. The van der Waals surface area contributed by atoms with Crippen LogP contribution in [-0.4, -0.2) is 9.97 Å². The molecule has 88 valence electrons. The van der Waals surface area contributed by atoms with Gasteiger partial charge in [0.1, 0.15) is 11.3 Å². The van der Waals surface area contributed by atoms with Gasteiger partial charge in [-0.1, -0.05) is 6.07 Å². The van der Waals surface area contributed by atoms with E-state index in [0.717, 1.165) is 21.8 Å². The van der Waals surface area contributed by atoms with Crippen LogP contribution in [0, 0.1) is 11.8 Å². The molecule has 2 fully saturated rings. The summed E-state index contributed by atoms with van der Waals surface area (Å²) in [6.45, 7) is 0. The second-order valence-electron chi connectivity index (χ2n) is 5.46. The first-order chi connectivity index (χ1) is 8.33. The molecule has 3 heteroatoms. The van der Waals surface area contributed by atoms with Crippen LogP contribution >= 0.6 is 15.9 Å². The van der Waals surface area contributed by atoms with E-state index in [4.69, 9.17) is 4.98 Å². The molecule has 0 aliphatic heterocycles. The van der Waals surface area contributed by atoms with Crippen molar-refractivity contribution in [2.75, 3.05) is 0 Å². The number of nitrogens with one attached hydrogen (secondary N) is 1. The number of para-hydroxylation sites is 1. The zero-order valence-electron chi connectivity index (χ0n) is 9.62. The van der Waals surface area contributed by atoms with Gasteiger partial charge in [-0.05, 0) is 65.6 Å². The molecule has 1 aromatic heterocycles. The number of aromatic nitrogens is 2. The molecule has 0 spiro atoms. The number of benzene rings is 1. The van der Waals surface area contributed by atoms with Crippen LogP contribution in [0.5, 0.6) is 0 Å². The molecule has 0 saturated heterocycles. The minimum atomic E-state index is 0.703. The van der Waals surface area contributed by atoms with Gasteiger partial charge in [0, 0.05) is 10.4 Å². The molecule has 0 bridgehead atoms. The normalized spacial score (nSPS) is 20.4. The van der Waals surface area contributed by atoms with Crippen molar-refractivity contribution < 1.29 is 0 Å². The van der Waals surface area contributed by atoms with Crippen LogP contribution in [0.15, 0.2) is 22.7 Å². The van der Waals surface area contributed by atoms with E-state index < -0.39 is 0 Å². The maximum absolute atomic E-state index is 4.83. The smallest absolute Gasteiger partial charge is 0.110 e. The van der Waals surface area contributed by atoms with Crippen LogP contribution in [0.25, 0.3) is 11.0 Å². The van der Waals surface area contributed by atoms with Gasteiger partial charge in [0.05, 0.1) is 5.52 Å². The van der Waals surface area contributed by atoms with Crippen LogP contribution in [0.2, 0.25) is 0 Å². The Morgan fingerprint density at radius 3 is 2.47 bits per heavy atom. The lowest BCUT2D eigenvalue weighted by molar-refractivity contribution is 0.514. The Balaban J connectivity index is 1.81. The molecular formula is C14H15BrN2. The van der Waals surface area contributed by atoms with Gasteiger partial charge in [-0.25, -0.2) is 4.98 Å². The van der Waals surface area contributed by atoms with Gasteiger partial charge in [-0.15, -0.1) is 0 Å². The Morgan fingerprint density at radius 2 is 1.88 bits per heavy atom. The number of H-pyrrole nitrogens is 1. The third kappa shape index (κ3) is 1.71. The molecule has 2 aliphatic rings. The molecule has 2 aliphatic carbocycles. The highest BCUT2D eigenvalue weighted by atomic mass is 79.9. The highest BCUT2D eigenvalue weighted by molar-refractivity contribution is 9.10. The quantitative estimate of drug-likeness (QED) is 0.900. The molecule has 2 saturated carbocycles. The highest BCUT2D eigenvalue weighted by Crippen LogP contribution is 2.54. The minimum absolute atomic E-state index is 0.703. The standard InChI is InChI=1S/C14H15BrN2/c15-10-2-1-3-11-13(10)17-14(16-11)12(8-4-5-8)9-6-7-9/h1-3,8-9,12H,4-7H2,(H,16,17). The number of rotatable bonds is 3. The molecule has 2 nitrogen and oxygen atoms in total. The first-order valence-corrected chi connectivity index (χ1v) is 7.26. The maximum Gasteiger partial charge on any atom is 0.110 e. The van der Waals surface area contributed by atoms with Crippen LogP contribution in [0.4, 0.5) is 0 Å². The fourth-order valence-electron chi connectivity index (χ4n) is 2.92. The third-order valence-electron chi connectivity index (χ3n) is 4.06. The highest BCUT2D eigenvalue weighted by Gasteiger charge is 2.43. The molecule has 0 unspecified atom stereocenters. The molecular weight excluding hydrogens is 276 g/mol. The predicted molar refractivity (Wildman–Crippen MR) is 72.0 cm³/mol. The summed E-state index contributed by atoms with van der Waals surface area (Å²) in [6.07, 6.45) is 5.61. The minimum Gasteiger partial charge on any atom is -0.342 e. The molecule has 1 aromatic carbocycles. The van der Waals surface area contributed by atoms with Gasteiger partial charge in [0.15, 0.2) is 0 Å². The van der Waals surface area contributed by atoms with Crippen molar-refractivity contribution in [3.8, 4) is 0 Å². The lowest BCUT2D eigenvalue weighted by Crippen LogP contribution is -2.05. The van der Waals surface area contributed by atoms with E-state index in [1.54, 1.807) is 0 Å². The molecule has 1 heterocycles. The Kier molecular flexibility index (Phi) is 2.13. The zero-order chi connectivity index (χ0) is 11.4. The van der Waals surface area contributed by atoms with Gasteiger partial charge in [-0.2, -0.15) is 0 Å². The van der Waals surface area contributed by atoms with Crippen molar-refractivity contribution in [1.29, 1.82) is 0 Å². The monoisotopic (exact) mass is 290 g/mol. The van der Waals surface area contributed by atoms with Crippen LogP contribution in [0.1, 0.15) is 37.4 Å². The van der Waals surface area contributed by atoms with Gasteiger partial charge in [0.2, 0.25) is 0 Å². The second-order valence-corrected chi connectivity index (χ2v) is 6.31. The summed E-state index contributed by atoms with van der Waals surface area (Å²) in [5, 5.41) is 0. The van der Waals surface area contributed by atoms with E-state index in [0.29, 0.717) is 5.92 Å². The Labute approximate surface area is 109 Å². The van der Waals surface area contributed by atoms with Crippen molar-refractivity contribution in [1.82, 2.24) is 9.97 Å². The second kappa shape index (κ2) is 3.58. The Morgan fingerprint density at radius 1 is 1.18 bits per heavy atom. The van der Waals surface area contributed by atoms with E-state index in [1.165, 1.54) is 37.0 Å². The Bertz CT molecular complexity index is 555. The number of nitrogens with zero attached hydrogens (tertiary/aromatic N) is 1. The van der Waals surface area contributed by atoms with E-state index in [2.05, 4.69) is 39.1 Å². The fourth-order valence-corrected chi connectivity index (χ4v) is 3.37. The van der Waals surface area contributed by atoms with Crippen LogP contribution in [0.3, 0.4) is 0 Å². The van der Waals surface area contributed by atoms with E-state index in [1.807, 2.05) is 0 Å². The molecule has 0 atom stereocenters. The summed E-state index contributed by atoms with van der Waals surface area (Å²) in [5.41, 5.74) is 2.26. The Hall–Kier alpha value is -0.830. The number of imidazole rings is 1. The number of aromatic amines is 1. The average molecular weight is 291 g/mol. The lowest BCUT2D eigenvalue weighted by atomic mass is 9.97. The predicted octanol–water partition coefficient (Wildman–Crippen LogP) is 4.23. The first-order valence-electron chi connectivity index (χ1n) is 6.47. The fraction of sp³-hybridized carbons (Fsp3) is 0.500. The molecule has 2 aromatic rings. The molecule has 17 heavy (non-hydrogen) atoms. The van der Waals surface area contributed by atoms with Gasteiger partial charge < -0.3 is 4.98 Å². The van der Waals surface area contributed by atoms with Gasteiger partial charge in [-0.3, -0.25) is 0 Å². The van der Waals surface area contributed by atoms with Crippen LogP contribution in [-0.2, 0) is 0 Å². The van der Waals surface area contributed by atoms with Crippen LogP contribution < -0.4 is 0 Å². The van der Waals surface area contributed by atoms with E-state index in [9.17, 15) is 0 Å². The molecule has 4 rings (SSSR count). The molecule has 0 amide bonds. The number of fused-ring (bicyclic) bond motifs is 1. The topological polar surface area (TPSA) is 28.7 Å². The summed E-state index contributed by atoms with van der Waals surface area (Å²) in [4.78, 5) is 8.37. The summed E-state index contributed by atoms with van der Waals surface area (Å²) in [6, 6.07) is 6.25. The van der Waals surface area contributed by atoms with Crippen molar-refractivity contribution in [2.45, 2.75) is 31.6 Å². The largest absolute Gasteiger partial charge is 0.342 e. The number of halogens is 1. The SMILES string of the molecule is Brc1cccc2[nH]c(C(C3CC3)C3CC3)nc12. The van der Waals surface area contributed by atoms with Crippen molar-refractivity contribution in [2.24, 2.45) is 11.8 Å². The number of hydrogen-bond donors (Lipinski definition) is 1. The summed E-state index contributed by atoms with van der Waals surface area (Å²) in [5.74, 6) is 3.75. The maximum atomic E-state index is 4.83.